The maximum absolute atomic E-state index is 13.5. The van der Waals surface area contributed by atoms with Crippen molar-refractivity contribution in [3.8, 4) is 5.75 Å². The Kier molecular flexibility index (Phi) is 12.6. The number of ketones is 1. The lowest BCUT2D eigenvalue weighted by molar-refractivity contribution is -0.133. The molecule has 0 spiro atoms. The molecule has 14 nitrogen and oxygen atoms in total. The number of aliphatic hydroxyl groups is 1. The van der Waals surface area contributed by atoms with Crippen molar-refractivity contribution < 1.29 is 24.2 Å². The van der Waals surface area contributed by atoms with Crippen LogP contribution in [0.2, 0.25) is 0 Å². The lowest BCUT2D eigenvalue weighted by atomic mass is 9.89. The number of aromatic nitrogens is 2. The van der Waals surface area contributed by atoms with Crippen LogP contribution < -0.4 is 30.9 Å². The van der Waals surface area contributed by atoms with Gasteiger partial charge in [0.25, 0.3) is 0 Å². The number of carbonyl (C=O) groups is 3. The van der Waals surface area contributed by atoms with Crippen LogP contribution in [0.1, 0.15) is 61.4 Å². The van der Waals surface area contributed by atoms with E-state index in [0.717, 1.165) is 37.3 Å². The molecule has 2 amide bonds. The zero-order valence-corrected chi connectivity index (χ0v) is 34.1. The number of nitrogens with one attached hydrogen (secondary N) is 4. The number of halogens is 1. The summed E-state index contributed by atoms with van der Waals surface area (Å²) in [5, 5.41) is 22.0. The number of rotatable bonds is 12. The Morgan fingerprint density at radius 1 is 0.965 bits per heavy atom. The van der Waals surface area contributed by atoms with Gasteiger partial charge < -0.3 is 40.9 Å². The minimum atomic E-state index is -0.760. The van der Waals surface area contributed by atoms with Crippen molar-refractivity contribution in [1.29, 1.82) is 0 Å². The number of methoxy groups -OCH3 is 1. The van der Waals surface area contributed by atoms with E-state index in [9.17, 15) is 19.5 Å². The van der Waals surface area contributed by atoms with Gasteiger partial charge in [-0.2, -0.15) is 4.98 Å². The Morgan fingerprint density at radius 2 is 1.74 bits per heavy atom. The Labute approximate surface area is 341 Å². The van der Waals surface area contributed by atoms with Crippen molar-refractivity contribution in [1.82, 2.24) is 25.1 Å². The molecule has 3 aromatic carbocycles. The van der Waals surface area contributed by atoms with Crippen molar-refractivity contribution in [2.45, 2.75) is 63.8 Å². The van der Waals surface area contributed by atoms with Gasteiger partial charge in [0.15, 0.2) is 5.78 Å². The number of para-hydroxylation sites is 1. The SMILES string of the molecule is COc1cc(N2CCN(C(=O)CN3CCC(c4ccc(NC5CCC(O)NC5=O)cc4)CC3)CC2C)ccc1Nc1ncc(Br)c(Nc2ccccc2C(C)=O)n1. The van der Waals surface area contributed by atoms with Gasteiger partial charge in [0.1, 0.15) is 23.8 Å². The summed E-state index contributed by atoms with van der Waals surface area (Å²) in [6.45, 7) is 7.82. The highest BCUT2D eigenvalue weighted by atomic mass is 79.9. The van der Waals surface area contributed by atoms with E-state index in [2.05, 4.69) is 76.0 Å². The minimum Gasteiger partial charge on any atom is -0.494 e. The Hall–Kier alpha value is -5.25. The second kappa shape index (κ2) is 17.9. The van der Waals surface area contributed by atoms with Gasteiger partial charge >= 0.3 is 0 Å². The van der Waals surface area contributed by atoms with Gasteiger partial charge in [0.05, 0.1) is 29.5 Å². The standard InChI is InChI=1S/C42H50BrN9O5/c1-26-24-51(39(55)25-50-18-16-29(17-19-50)28-8-10-30(11-9-28)45-36-14-15-38(54)48-41(36)56)20-21-52(26)31-12-13-35(37(22-31)57-3)47-42-44-23-33(43)40(49-42)46-34-7-5-4-6-32(34)27(2)53/h4-13,22-23,26,29,36,38,45,54H,14-21,24-25H2,1-3H3,(H,48,56)(H2,44,46,47,49). The summed E-state index contributed by atoms with van der Waals surface area (Å²) in [5.41, 5.74) is 5.09. The van der Waals surface area contributed by atoms with Gasteiger partial charge in [-0.15, -0.1) is 0 Å². The summed E-state index contributed by atoms with van der Waals surface area (Å²) in [4.78, 5) is 53.5. The second-order valence-corrected chi connectivity index (χ2v) is 15.8. The van der Waals surface area contributed by atoms with Crippen molar-refractivity contribution in [3.05, 3.63) is 88.5 Å². The molecule has 3 saturated heterocycles. The van der Waals surface area contributed by atoms with E-state index in [1.165, 1.54) is 12.5 Å². The largest absolute Gasteiger partial charge is 0.494 e. The fourth-order valence-electron chi connectivity index (χ4n) is 7.89. The van der Waals surface area contributed by atoms with Gasteiger partial charge in [0.2, 0.25) is 17.8 Å². The molecule has 57 heavy (non-hydrogen) atoms. The first-order valence-electron chi connectivity index (χ1n) is 19.5. The topological polar surface area (TPSA) is 164 Å². The first kappa shape index (κ1) is 40.0. The van der Waals surface area contributed by atoms with Crippen molar-refractivity contribution >= 4 is 68.0 Å². The molecule has 0 bridgehead atoms. The zero-order chi connectivity index (χ0) is 40.1. The van der Waals surface area contributed by atoms with Crippen LogP contribution in [-0.2, 0) is 9.59 Å². The van der Waals surface area contributed by atoms with Crippen LogP contribution in [0.15, 0.2) is 77.4 Å². The number of piperidine rings is 2. The normalized spacial score (nSPS) is 20.4. The number of aliphatic hydroxyl groups excluding tert-OH is 1. The molecule has 3 unspecified atom stereocenters. The van der Waals surface area contributed by atoms with Crippen LogP contribution >= 0.6 is 15.9 Å². The van der Waals surface area contributed by atoms with Crippen LogP contribution in [0, 0.1) is 0 Å². The summed E-state index contributed by atoms with van der Waals surface area (Å²) < 4.78 is 6.44. The number of likely N-dealkylation sites (tertiary alicyclic amines) is 1. The third kappa shape index (κ3) is 9.66. The lowest BCUT2D eigenvalue weighted by Crippen LogP contribution is -2.55. The van der Waals surface area contributed by atoms with Crippen LogP contribution in [0.3, 0.4) is 0 Å². The Balaban J connectivity index is 0.894. The average Bonchev–Trinajstić information content (AvgIpc) is 3.21. The Bertz CT molecular complexity index is 2080. The second-order valence-electron chi connectivity index (χ2n) is 15.0. The number of benzene rings is 3. The molecule has 3 aliphatic rings. The zero-order valence-electron chi connectivity index (χ0n) is 32.5. The number of nitrogens with zero attached hydrogens (tertiary/aromatic N) is 5. The molecule has 0 radical (unpaired) electrons. The number of Topliss-reactive ketones (excluding diaryl/α,β-unsaturated/α-hetero) is 1. The number of amides is 2. The highest BCUT2D eigenvalue weighted by Crippen LogP contribution is 2.35. The number of hydrogen-bond donors (Lipinski definition) is 5. The predicted molar refractivity (Wildman–Crippen MR) is 225 cm³/mol. The average molecular weight is 841 g/mol. The van der Waals surface area contributed by atoms with Gasteiger partial charge in [-0.1, -0.05) is 24.3 Å². The molecule has 3 aliphatic heterocycles. The van der Waals surface area contributed by atoms with Crippen LogP contribution in [-0.4, -0.2) is 107 Å². The Morgan fingerprint density at radius 3 is 2.46 bits per heavy atom. The molecule has 1 aromatic heterocycles. The quantitative estimate of drug-likeness (QED) is 0.108. The smallest absolute Gasteiger partial charge is 0.244 e. The molecular formula is C42H50BrN9O5. The van der Waals surface area contributed by atoms with E-state index >= 15 is 0 Å². The molecule has 4 aromatic rings. The molecule has 0 saturated carbocycles. The molecule has 7 rings (SSSR count). The highest BCUT2D eigenvalue weighted by Gasteiger charge is 2.30. The van der Waals surface area contributed by atoms with Crippen molar-refractivity contribution in [2.75, 3.05) is 67.2 Å². The minimum absolute atomic E-state index is 0.0488. The van der Waals surface area contributed by atoms with Crippen molar-refractivity contribution in [3.63, 3.8) is 0 Å². The third-order valence-corrected chi connectivity index (χ3v) is 11.7. The van der Waals surface area contributed by atoms with Crippen LogP contribution in [0.5, 0.6) is 5.75 Å². The van der Waals surface area contributed by atoms with Crippen LogP contribution in [0.4, 0.5) is 34.5 Å². The number of anilines is 6. The van der Waals surface area contributed by atoms with E-state index in [4.69, 9.17) is 4.74 Å². The van der Waals surface area contributed by atoms with Crippen LogP contribution in [0.25, 0.3) is 0 Å². The predicted octanol–water partition coefficient (Wildman–Crippen LogP) is 5.86. The molecule has 300 valence electrons. The molecule has 15 heteroatoms. The first-order valence-corrected chi connectivity index (χ1v) is 20.3. The number of carbonyl (C=O) groups excluding carboxylic acids is 3. The van der Waals surface area contributed by atoms with E-state index < -0.39 is 6.23 Å². The van der Waals surface area contributed by atoms with Crippen molar-refractivity contribution in [2.24, 2.45) is 0 Å². The summed E-state index contributed by atoms with van der Waals surface area (Å²) in [5.74, 6) is 1.87. The van der Waals surface area contributed by atoms with E-state index in [1.54, 1.807) is 19.4 Å². The highest BCUT2D eigenvalue weighted by molar-refractivity contribution is 9.10. The summed E-state index contributed by atoms with van der Waals surface area (Å²) >= 11 is 3.51. The number of hydrogen-bond acceptors (Lipinski definition) is 12. The lowest BCUT2D eigenvalue weighted by Gasteiger charge is -2.42. The monoisotopic (exact) mass is 839 g/mol. The van der Waals surface area contributed by atoms with Gasteiger partial charge in [-0.25, -0.2) is 4.98 Å². The fourth-order valence-corrected chi connectivity index (χ4v) is 8.18. The maximum Gasteiger partial charge on any atom is 0.244 e. The van der Waals surface area contributed by atoms with E-state index in [-0.39, 0.29) is 29.7 Å². The summed E-state index contributed by atoms with van der Waals surface area (Å²) in [6.07, 6.45) is 3.99. The van der Waals surface area contributed by atoms with Gasteiger partial charge in [-0.05, 0) is 116 Å². The number of ether oxygens (including phenoxy) is 1. The summed E-state index contributed by atoms with van der Waals surface area (Å²) in [6, 6.07) is 21.3. The maximum atomic E-state index is 13.5. The van der Waals surface area contributed by atoms with Gasteiger partial charge in [-0.3, -0.25) is 19.3 Å². The molecular weight excluding hydrogens is 790 g/mol. The van der Waals surface area contributed by atoms with E-state index in [1.807, 2.05) is 53.4 Å². The fraction of sp³-hybridized carbons (Fsp3) is 0.405. The summed E-state index contributed by atoms with van der Waals surface area (Å²) in [7, 11) is 1.63. The van der Waals surface area contributed by atoms with E-state index in [0.29, 0.717) is 83.9 Å². The molecule has 4 heterocycles. The molecule has 5 N–H and O–H groups in total. The molecule has 3 fully saturated rings. The molecule has 3 atom stereocenters. The van der Waals surface area contributed by atoms with Gasteiger partial charge in [0, 0.05) is 54.9 Å². The third-order valence-electron chi connectivity index (χ3n) is 11.1. The molecule has 0 aliphatic carbocycles. The number of piperazine rings is 1. The first-order chi connectivity index (χ1) is 27.5.